The molecule has 2 aromatic carbocycles. The van der Waals surface area contributed by atoms with E-state index in [9.17, 15) is 33.6 Å². The first-order valence-corrected chi connectivity index (χ1v) is 25.6. The number of hydrogen-bond donors (Lipinski definition) is 7. The van der Waals surface area contributed by atoms with Gasteiger partial charge >= 0.3 is 12.1 Å². The Morgan fingerprint density at radius 1 is 0.795 bits per heavy atom. The van der Waals surface area contributed by atoms with Crippen molar-refractivity contribution in [1.29, 1.82) is 0 Å². The first kappa shape index (κ1) is 61.6. The van der Waals surface area contributed by atoms with Gasteiger partial charge in [-0.25, -0.2) is 9.59 Å². The van der Waals surface area contributed by atoms with Crippen LogP contribution in [0.25, 0.3) is 0 Å². The van der Waals surface area contributed by atoms with Crippen LogP contribution >= 0.6 is 0 Å². The molecule has 0 aromatic heterocycles. The summed E-state index contributed by atoms with van der Waals surface area (Å²) in [7, 11) is 10.2. The summed E-state index contributed by atoms with van der Waals surface area (Å²) >= 11 is 0. The molecule has 1 saturated heterocycles. The summed E-state index contributed by atoms with van der Waals surface area (Å²) in [6, 6.07) is 10.6. The number of anilines is 3. The fourth-order valence-corrected chi connectivity index (χ4v) is 9.65. The molecule has 9 atom stereocenters. The maximum atomic E-state index is 14.3. The van der Waals surface area contributed by atoms with E-state index in [1.807, 2.05) is 60.5 Å². The molecule has 0 spiro atoms. The predicted molar refractivity (Wildman–Crippen MR) is 284 cm³/mol. The third-order valence-electron chi connectivity index (χ3n) is 13.8. The number of amides is 7. The van der Waals surface area contributed by atoms with Crippen LogP contribution in [-0.4, -0.2) is 161 Å². The van der Waals surface area contributed by atoms with Crippen molar-refractivity contribution in [3.05, 3.63) is 54.1 Å². The summed E-state index contributed by atoms with van der Waals surface area (Å²) in [5.41, 5.74) is 7.33. The molecule has 20 nitrogen and oxygen atoms in total. The second-order valence-corrected chi connectivity index (χ2v) is 20.1. The second kappa shape index (κ2) is 30.5. The number of nitrogens with one attached hydrogen (secondary N) is 6. The minimum Gasteiger partial charge on any atom is -0.444 e. The van der Waals surface area contributed by atoms with Crippen molar-refractivity contribution in [3.8, 4) is 0 Å². The summed E-state index contributed by atoms with van der Waals surface area (Å²) in [5, 5.41) is 17.0. The van der Waals surface area contributed by atoms with Gasteiger partial charge in [-0.3, -0.25) is 39.1 Å². The second-order valence-electron chi connectivity index (χ2n) is 20.1. The van der Waals surface area contributed by atoms with E-state index in [0.29, 0.717) is 48.6 Å². The molecule has 2 aromatic rings. The first-order valence-electron chi connectivity index (χ1n) is 25.6. The zero-order chi connectivity index (χ0) is 54.5. The number of nitrogens with zero attached hydrogens (tertiary/aromatic N) is 3. The fraction of sp³-hybridized carbons (Fsp3) is 0.642. The van der Waals surface area contributed by atoms with Gasteiger partial charge in [-0.05, 0) is 113 Å². The lowest BCUT2D eigenvalue weighted by Crippen LogP contribution is -2.59. The molecule has 1 unspecified atom stereocenters. The number of nitrogens with two attached hydrogens (primary N) is 1. The number of benzene rings is 2. The quantitative estimate of drug-likeness (QED) is 0.0508. The summed E-state index contributed by atoms with van der Waals surface area (Å²) in [5.74, 6) is -1.78. The van der Waals surface area contributed by atoms with Crippen molar-refractivity contribution in [2.75, 3.05) is 78.0 Å². The fourth-order valence-electron chi connectivity index (χ4n) is 9.65. The molecule has 0 saturated carbocycles. The minimum absolute atomic E-state index is 0.0175. The first-order chi connectivity index (χ1) is 34.6. The van der Waals surface area contributed by atoms with Gasteiger partial charge < -0.3 is 51.4 Å². The molecule has 1 fully saturated rings. The standard InChI is InChI=1S/C53H86N10O10/c1-14-34(6)46(62(11)51(68)44(32(2)3)60-50(67)45(33(4)5)61(9)10)43(71-12)29-40(64)30-63-28-16-18-42(63)47(72-13)35(7)48(65)57-38-23-25-39(26-24-38)59-53(70)73-31-36-19-21-37(22-20-36)58-49(66)41(55-8)17-15-27-56-52(54)69/h19-26,32-35,41-47,55H,14-18,27-31H2,1-13H3,(H,57,65)(H,58,66)(H,59,70)(H,60,67)(H3,54,56,69)/t34-,35+,41-,42-,43+,44+,45?,46-,47+/m0/s1. The largest absolute Gasteiger partial charge is 0.444 e. The van der Waals surface area contributed by atoms with Crippen LogP contribution < -0.4 is 37.6 Å². The SMILES string of the molecule is CC[C@H](C)[C@@H]([C@@H](CC(=O)CN1CCC[C@H]1[C@H](OC)[C@@H](C)C(=O)Nc1ccc(NC(=O)OCc2ccc(NC(=O)[C@H](CCCNC(N)=O)NC)cc2)cc1)OC)N(C)C(=O)[C@H](NC(=O)C(C(C)C)N(C)C)C(C)C. The molecule has 1 aliphatic heterocycles. The van der Waals surface area contributed by atoms with Crippen LogP contribution in [0.5, 0.6) is 0 Å². The Balaban J connectivity index is 1.56. The summed E-state index contributed by atoms with van der Waals surface area (Å²) in [4.78, 5) is 97.3. The van der Waals surface area contributed by atoms with Gasteiger partial charge in [0.15, 0.2) is 0 Å². The van der Waals surface area contributed by atoms with Gasteiger partial charge in [0.1, 0.15) is 18.4 Å². The zero-order valence-corrected chi connectivity index (χ0v) is 45.5. The van der Waals surface area contributed by atoms with Gasteiger partial charge in [-0.1, -0.05) is 67.0 Å². The van der Waals surface area contributed by atoms with E-state index in [1.54, 1.807) is 88.7 Å². The normalized spacial score (nSPS) is 17.1. The molecule has 0 aliphatic carbocycles. The molecule has 408 valence electrons. The number of carbonyl (C=O) groups excluding carboxylic acids is 7. The van der Waals surface area contributed by atoms with Gasteiger partial charge in [0, 0.05) is 57.3 Å². The zero-order valence-electron chi connectivity index (χ0n) is 45.5. The smallest absolute Gasteiger partial charge is 0.411 e. The molecule has 8 N–H and O–H groups in total. The van der Waals surface area contributed by atoms with E-state index >= 15 is 0 Å². The van der Waals surface area contributed by atoms with Gasteiger partial charge in [0.05, 0.1) is 42.8 Å². The molecule has 20 heteroatoms. The van der Waals surface area contributed by atoms with Crippen LogP contribution in [0.4, 0.5) is 26.7 Å². The molecule has 1 heterocycles. The lowest BCUT2D eigenvalue weighted by Gasteiger charge is -2.40. The van der Waals surface area contributed by atoms with Gasteiger partial charge in [-0.15, -0.1) is 0 Å². The highest BCUT2D eigenvalue weighted by Gasteiger charge is 2.41. The number of ether oxygens (including phenoxy) is 3. The average molecular weight is 1020 g/mol. The molecule has 73 heavy (non-hydrogen) atoms. The van der Waals surface area contributed by atoms with E-state index < -0.39 is 54.4 Å². The van der Waals surface area contributed by atoms with Crippen LogP contribution in [0.1, 0.15) is 92.6 Å². The van der Waals surface area contributed by atoms with Gasteiger partial charge in [-0.2, -0.15) is 0 Å². The lowest BCUT2D eigenvalue weighted by atomic mass is 9.89. The highest BCUT2D eigenvalue weighted by Crippen LogP contribution is 2.29. The maximum absolute atomic E-state index is 14.3. The number of ketones is 1. The average Bonchev–Trinajstić information content (AvgIpc) is 3.79. The van der Waals surface area contributed by atoms with E-state index in [1.165, 1.54) is 0 Å². The van der Waals surface area contributed by atoms with Crippen molar-refractivity contribution >= 4 is 58.6 Å². The molecular formula is C53H86N10O10. The number of likely N-dealkylation sites (N-methyl/N-ethyl adjacent to an activating group) is 3. The van der Waals surface area contributed by atoms with Gasteiger partial charge in [0.2, 0.25) is 23.6 Å². The van der Waals surface area contributed by atoms with Crippen LogP contribution in [0, 0.1) is 23.7 Å². The third kappa shape index (κ3) is 19.0. The Morgan fingerprint density at radius 2 is 1.38 bits per heavy atom. The molecule has 0 bridgehead atoms. The van der Waals surface area contributed by atoms with Crippen molar-refractivity contribution in [2.24, 2.45) is 29.4 Å². The highest BCUT2D eigenvalue weighted by molar-refractivity contribution is 5.95. The van der Waals surface area contributed by atoms with E-state index in [2.05, 4.69) is 36.8 Å². The van der Waals surface area contributed by atoms with Crippen LogP contribution in [-0.2, 0) is 44.8 Å². The Kier molecular flexibility index (Phi) is 25.8. The Hall–Kier alpha value is -5.67. The molecular weight excluding hydrogens is 937 g/mol. The Labute approximate surface area is 433 Å². The number of carbonyl (C=O) groups is 7. The molecule has 7 amide bonds. The van der Waals surface area contributed by atoms with E-state index in [0.717, 1.165) is 19.3 Å². The van der Waals surface area contributed by atoms with Crippen molar-refractivity contribution in [3.63, 3.8) is 0 Å². The number of primary amides is 1. The summed E-state index contributed by atoms with van der Waals surface area (Å²) < 4.78 is 17.4. The molecule has 3 rings (SSSR count). The number of Topliss-reactive ketones (excluding diaryl/α,β-unsaturated/α-hetero) is 1. The highest BCUT2D eigenvalue weighted by atomic mass is 16.5. The van der Waals surface area contributed by atoms with Crippen LogP contribution in [0.2, 0.25) is 0 Å². The third-order valence-corrected chi connectivity index (χ3v) is 13.8. The van der Waals surface area contributed by atoms with Crippen LogP contribution in [0.3, 0.4) is 0 Å². The monoisotopic (exact) mass is 1020 g/mol. The number of rotatable bonds is 30. The summed E-state index contributed by atoms with van der Waals surface area (Å²) in [6.45, 7) is 14.8. The minimum atomic E-state index is -0.772. The maximum Gasteiger partial charge on any atom is 0.411 e. The summed E-state index contributed by atoms with van der Waals surface area (Å²) in [6.07, 6.45) is 1.60. The van der Waals surface area contributed by atoms with Crippen molar-refractivity contribution < 1.29 is 47.8 Å². The van der Waals surface area contributed by atoms with Crippen molar-refractivity contribution in [2.45, 2.75) is 136 Å². The van der Waals surface area contributed by atoms with Crippen LogP contribution in [0.15, 0.2) is 48.5 Å². The molecule has 0 radical (unpaired) electrons. The predicted octanol–water partition coefficient (Wildman–Crippen LogP) is 5.04. The van der Waals surface area contributed by atoms with Crippen molar-refractivity contribution in [1.82, 2.24) is 30.7 Å². The number of likely N-dealkylation sites (tertiary alicyclic amines) is 1. The van der Waals surface area contributed by atoms with E-state index in [-0.39, 0.29) is 72.8 Å². The Bertz CT molecular complexity index is 2080. The van der Waals surface area contributed by atoms with E-state index in [4.69, 9.17) is 19.9 Å². The number of urea groups is 1. The lowest BCUT2D eigenvalue weighted by molar-refractivity contribution is -0.144. The molecule has 1 aliphatic rings. The number of methoxy groups -OCH3 is 2. The van der Waals surface area contributed by atoms with Gasteiger partial charge in [0.25, 0.3) is 0 Å². The Morgan fingerprint density at radius 3 is 1.90 bits per heavy atom. The topological polar surface area (TPSA) is 255 Å². The number of hydrogen-bond acceptors (Lipinski definition) is 13.